The molecule has 0 aromatic heterocycles. The molecule has 0 fully saturated rings. The fourth-order valence-corrected chi connectivity index (χ4v) is 2.25. The van der Waals surface area contributed by atoms with Gasteiger partial charge in [0, 0.05) is 6.04 Å². The first-order valence-electron chi connectivity index (χ1n) is 6.09. The molecular formula is C15H15Cl2NO2. The van der Waals surface area contributed by atoms with Gasteiger partial charge in [0.1, 0.15) is 22.3 Å². The van der Waals surface area contributed by atoms with E-state index in [1.165, 1.54) is 0 Å². The van der Waals surface area contributed by atoms with Crippen molar-refractivity contribution < 1.29 is 9.47 Å². The molecule has 0 aliphatic heterocycles. The average molecular weight is 312 g/mol. The van der Waals surface area contributed by atoms with Crippen molar-refractivity contribution in [1.82, 2.24) is 0 Å². The van der Waals surface area contributed by atoms with Gasteiger partial charge in [-0.25, -0.2) is 0 Å². The maximum absolute atomic E-state index is 6.13. The number of rotatable bonds is 4. The van der Waals surface area contributed by atoms with Crippen LogP contribution in [0.2, 0.25) is 10.0 Å². The van der Waals surface area contributed by atoms with E-state index in [2.05, 4.69) is 0 Å². The van der Waals surface area contributed by atoms with Gasteiger partial charge in [-0.1, -0.05) is 35.3 Å². The lowest BCUT2D eigenvalue weighted by Crippen LogP contribution is -2.08. The fraction of sp³-hybridized carbons (Fsp3) is 0.200. The minimum atomic E-state index is -0.237. The van der Waals surface area contributed by atoms with Crippen LogP contribution in [0.1, 0.15) is 18.5 Å². The predicted molar refractivity (Wildman–Crippen MR) is 82.1 cm³/mol. The van der Waals surface area contributed by atoms with Gasteiger partial charge in [-0.2, -0.15) is 0 Å². The Balaban J connectivity index is 2.46. The normalized spacial score (nSPS) is 12.1. The minimum Gasteiger partial charge on any atom is -0.496 e. The van der Waals surface area contributed by atoms with E-state index in [0.29, 0.717) is 27.3 Å². The van der Waals surface area contributed by atoms with Crippen molar-refractivity contribution in [2.75, 3.05) is 7.11 Å². The van der Waals surface area contributed by atoms with Crippen LogP contribution >= 0.6 is 23.2 Å². The summed E-state index contributed by atoms with van der Waals surface area (Å²) in [6, 6.07) is 10.5. The summed E-state index contributed by atoms with van der Waals surface area (Å²) in [5.74, 6) is 1.76. The zero-order valence-electron chi connectivity index (χ0n) is 11.2. The summed E-state index contributed by atoms with van der Waals surface area (Å²) in [5.41, 5.74) is 6.78. The molecule has 5 heteroatoms. The number of hydrogen-bond donors (Lipinski definition) is 1. The molecule has 0 saturated carbocycles. The van der Waals surface area contributed by atoms with Crippen molar-refractivity contribution in [2.24, 2.45) is 5.73 Å². The van der Waals surface area contributed by atoms with Crippen molar-refractivity contribution in [3.05, 3.63) is 52.0 Å². The Kier molecular flexibility index (Phi) is 4.76. The van der Waals surface area contributed by atoms with E-state index in [1.807, 2.05) is 25.1 Å². The molecule has 0 bridgehead atoms. The molecule has 0 radical (unpaired) electrons. The van der Waals surface area contributed by atoms with Crippen LogP contribution in [0.15, 0.2) is 36.4 Å². The average Bonchev–Trinajstić information content (AvgIpc) is 2.43. The van der Waals surface area contributed by atoms with Gasteiger partial charge >= 0.3 is 0 Å². The standard InChI is InChI=1S/C15H15Cl2NO2/c1-9(18)14-11(19-2)6-4-7-12(14)20-13-8-3-5-10(16)15(13)17/h3-9H,18H2,1-2H3. The molecule has 1 atom stereocenters. The van der Waals surface area contributed by atoms with Crippen LogP contribution in [0, 0.1) is 0 Å². The Bertz CT molecular complexity index is 615. The van der Waals surface area contributed by atoms with Gasteiger partial charge in [-0.05, 0) is 31.2 Å². The van der Waals surface area contributed by atoms with Crippen LogP contribution in [0.5, 0.6) is 17.2 Å². The van der Waals surface area contributed by atoms with Gasteiger partial charge < -0.3 is 15.2 Å². The Morgan fingerprint density at radius 1 is 1.00 bits per heavy atom. The smallest absolute Gasteiger partial charge is 0.147 e. The molecular weight excluding hydrogens is 297 g/mol. The monoisotopic (exact) mass is 311 g/mol. The molecule has 2 rings (SSSR count). The molecule has 3 nitrogen and oxygen atoms in total. The zero-order chi connectivity index (χ0) is 14.7. The Morgan fingerprint density at radius 3 is 2.25 bits per heavy atom. The third-order valence-corrected chi connectivity index (χ3v) is 3.64. The molecule has 2 aromatic rings. The Hall–Kier alpha value is -1.42. The molecule has 0 aliphatic carbocycles. The summed E-state index contributed by atoms with van der Waals surface area (Å²) >= 11 is 12.1. The largest absolute Gasteiger partial charge is 0.496 e. The SMILES string of the molecule is COc1cccc(Oc2cccc(Cl)c2Cl)c1C(C)N. The maximum atomic E-state index is 6.13. The van der Waals surface area contributed by atoms with Gasteiger partial charge in [0.15, 0.2) is 0 Å². The molecule has 0 heterocycles. The summed E-state index contributed by atoms with van der Waals surface area (Å²) in [5, 5.41) is 0.807. The molecule has 1 unspecified atom stereocenters. The third-order valence-electron chi connectivity index (χ3n) is 2.84. The molecule has 2 N–H and O–H groups in total. The second-order valence-corrected chi connectivity index (χ2v) is 5.10. The van der Waals surface area contributed by atoms with Crippen molar-refractivity contribution in [3.8, 4) is 17.2 Å². The first-order valence-corrected chi connectivity index (χ1v) is 6.84. The van der Waals surface area contributed by atoms with Crippen LogP contribution in [-0.2, 0) is 0 Å². The van der Waals surface area contributed by atoms with Crippen molar-refractivity contribution in [2.45, 2.75) is 13.0 Å². The highest BCUT2D eigenvalue weighted by molar-refractivity contribution is 6.42. The van der Waals surface area contributed by atoms with E-state index in [0.717, 1.165) is 5.56 Å². The first-order chi connectivity index (χ1) is 9.54. The first kappa shape index (κ1) is 15.0. The van der Waals surface area contributed by atoms with Gasteiger partial charge in [-0.3, -0.25) is 0 Å². The molecule has 0 spiro atoms. The van der Waals surface area contributed by atoms with E-state index >= 15 is 0 Å². The van der Waals surface area contributed by atoms with Crippen LogP contribution in [0.4, 0.5) is 0 Å². The summed E-state index contributed by atoms with van der Waals surface area (Å²) in [7, 11) is 1.59. The Morgan fingerprint density at radius 2 is 1.60 bits per heavy atom. The molecule has 0 amide bonds. The molecule has 0 saturated heterocycles. The van der Waals surface area contributed by atoms with Crippen molar-refractivity contribution >= 4 is 23.2 Å². The quantitative estimate of drug-likeness (QED) is 0.880. The molecule has 2 aromatic carbocycles. The van der Waals surface area contributed by atoms with Crippen LogP contribution in [0.3, 0.4) is 0 Å². The van der Waals surface area contributed by atoms with E-state index in [1.54, 1.807) is 25.3 Å². The molecule has 20 heavy (non-hydrogen) atoms. The third kappa shape index (κ3) is 3.01. The van der Waals surface area contributed by atoms with Crippen LogP contribution in [0.25, 0.3) is 0 Å². The van der Waals surface area contributed by atoms with Crippen molar-refractivity contribution in [1.29, 1.82) is 0 Å². The van der Waals surface area contributed by atoms with E-state index in [4.69, 9.17) is 38.4 Å². The second-order valence-electron chi connectivity index (χ2n) is 4.31. The van der Waals surface area contributed by atoms with Crippen LogP contribution < -0.4 is 15.2 Å². The molecule has 106 valence electrons. The minimum absolute atomic E-state index is 0.237. The predicted octanol–water partition coefficient (Wildman–Crippen LogP) is 4.81. The highest BCUT2D eigenvalue weighted by atomic mass is 35.5. The lowest BCUT2D eigenvalue weighted by Gasteiger charge is -2.17. The lowest BCUT2D eigenvalue weighted by molar-refractivity contribution is 0.397. The number of hydrogen-bond acceptors (Lipinski definition) is 3. The summed E-state index contributed by atoms with van der Waals surface area (Å²) in [6.45, 7) is 1.87. The molecule has 0 aliphatic rings. The second kappa shape index (κ2) is 6.35. The number of methoxy groups -OCH3 is 1. The summed E-state index contributed by atoms with van der Waals surface area (Å²) in [6.07, 6.45) is 0. The van der Waals surface area contributed by atoms with E-state index < -0.39 is 0 Å². The summed E-state index contributed by atoms with van der Waals surface area (Å²) < 4.78 is 11.2. The fourth-order valence-electron chi connectivity index (χ4n) is 1.92. The topological polar surface area (TPSA) is 44.5 Å². The summed E-state index contributed by atoms with van der Waals surface area (Å²) in [4.78, 5) is 0. The van der Waals surface area contributed by atoms with Crippen LogP contribution in [-0.4, -0.2) is 7.11 Å². The number of halogens is 2. The van der Waals surface area contributed by atoms with Gasteiger partial charge in [0.2, 0.25) is 0 Å². The van der Waals surface area contributed by atoms with Gasteiger partial charge in [-0.15, -0.1) is 0 Å². The zero-order valence-corrected chi connectivity index (χ0v) is 12.7. The number of benzene rings is 2. The lowest BCUT2D eigenvalue weighted by atomic mass is 10.1. The maximum Gasteiger partial charge on any atom is 0.147 e. The van der Waals surface area contributed by atoms with Crippen molar-refractivity contribution in [3.63, 3.8) is 0 Å². The Labute approximate surface area is 128 Å². The highest BCUT2D eigenvalue weighted by Gasteiger charge is 2.16. The number of nitrogens with two attached hydrogens (primary N) is 1. The van der Waals surface area contributed by atoms with Gasteiger partial charge in [0.05, 0.1) is 17.7 Å². The number of ether oxygens (including phenoxy) is 2. The highest BCUT2D eigenvalue weighted by Crippen LogP contribution is 2.39. The van der Waals surface area contributed by atoms with E-state index in [-0.39, 0.29) is 6.04 Å². The van der Waals surface area contributed by atoms with E-state index in [9.17, 15) is 0 Å². The van der Waals surface area contributed by atoms with Gasteiger partial charge in [0.25, 0.3) is 0 Å².